The molecule has 2 aromatic rings. The number of hydrogen-bond donors (Lipinski definition) is 1. The largest absolute Gasteiger partial charge is 0.334 e. The van der Waals surface area contributed by atoms with Crippen molar-refractivity contribution in [1.82, 2.24) is 29.3 Å². The van der Waals surface area contributed by atoms with Crippen LogP contribution in [-0.2, 0) is 34.3 Å². The van der Waals surface area contributed by atoms with Crippen molar-refractivity contribution in [1.29, 1.82) is 0 Å². The zero-order valence-corrected chi connectivity index (χ0v) is 20.7. The third-order valence-corrected chi connectivity index (χ3v) is 7.57. The van der Waals surface area contributed by atoms with Gasteiger partial charge < -0.3 is 9.80 Å². The summed E-state index contributed by atoms with van der Waals surface area (Å²) in [6.07, 6.45) is 1.79. The van der Waals surface area contributed by atoms with E-state index in [9.17, 15) is 13.2 Å². The van der Waals surface area contributed by atoms with Gasteiger partial charge in [-0.05, 0) is 51.4 Å². The number of nitrogens with zero attached hydrogens (tertiary/aromatic N) is 5. The zero-order chi connectivity index (χ0) is 23.8. The van der Waals surface area contributed by atoms with Gasteiger partial charge in [-0.25, -0.2) is 22.8 Å². The van der Waals surface area contributed by atoms with E-state index in [1.807, 2.05) is 37.3 Å². The third-order valence-electron chi connectivity index (χ3n) is 6.10. The van der Waals surface area contributed by atoms with Crippen molar-refractivity contribution in [2.45, 2.75) is 59.2 Å². The number of aromatic nitrogens is 3. The summed E-state index contributed by atoms with van der Waals surface area (Å²) in [5.74, 6) is 1.18. The molecule has 1 atom stereocenters. The third kappa shape index (κ3) is 7.09. The number of hydrogen-bond acceptors (Lipinski definition) is 6. The van der Waals surface area contributed by atoms with Gasteiger partial charge in [0.15, 0.2) is 5.82 Å². The van der Waals surface area contributed by atoms with Crippen molar-refractivity contribution in [2.24, 2.45) is 0 Å². The first-order chi connectivity index (χ1) is 15.8. The summed E-state index contributed by atoms with van der Waals surface area (Å²) in [6.45, 7) is 9.77. The Morgan fingerprint density at radius 1 is 1.12 bits per heavy atom. The quantitative estimate of drug-likeness (QED) is 0.474. The standard InChI is InChI=1S/C23H36N6O3S/c1-4-27(5-2)15-10-16-33(31,32)26-20(14-13-19-11-8-7-9-12-19)23-24-21-17-28(6-3)22(30)18-29(21)25-23/h7-9,11-12,20,26H,4-6,10,13-18H2,1-3H3/t20-/m1/s1. The second-order valence-electron chi connectivity index (χ2n) is 8.35. The van der Waals surface area contributed by atoms with Crippen molar-refractivity contribution in [3.63, 3.8) is 0 Å². The summed E-state index contributed by atoms with van der Waals surface area (Å²) >= 11 is 0. The molecule has 10 heteroatoms. The summed E-state index contributed by atoms with van der Waals surface area (Å²) in [4.78, 5) is 20.8. The molecule has 1 amide bonds. The van der Waals surface area contributed by atoms with Crippen LogP contribution < -0.4 is 4.72 Å². The van der Waals surface area contributed by atoms with Crippen LogP contribution in [0, 0.1) is 0 Å². The fourth-order valence-corrected chi connectivity index (χ4v) is 5.33. The number of aryl methyl sites for hydroxylation is 1. The lowest BCUT2D eigenvalue weighted by molar-refractivity contribution is -0.134. The Balaban J connectivity index is 1.75. The highest BCUT2D eigenvalue weighted by Crippen LogP contribution is 2.21. The van der Waals surface area contributed by atoms with Crippen molar-refractivity contribution < 1.29 is 13.2 Å². The summed E-state index contributed by atoms with van der Waals surface area (Å²) in [6, 6.07) is 9.41. The molecule has 2 heterocycles. The first-order valence-electron chi connectivity index (χ1n) is 11.8. The van der Waals surface area contributed by atoms with Gasteiger partial charge in [0, 0.05) is 6.54 Å². The number of carbonyl (C=O) groups is 1. The molecule has 1 aliphatic rings. The molecule has 9 nitrogen and oxygen atoms in total. The number of nitrogens with one attached hydrogen (secondary N) is 1. The van der Waals surface area contributed by atoms with E-state index in [1.54, 1.807) is 9.58 Å². The molecule has 0 saturated heterocycles. The van der Waals surface area contributed by atoms with Gasteiger partial charge in [-0.15, -0.1) is 0 Å². The zero-order valence-electron chi connectivity index (χ0n) is 19.9. The highest BCUT2D eigenvalue weighted by molar-refractivity contribution is 7.89. The van der Waals surface area contributed by atoms with Crippen molar-refractivity contribution in [3.05, 3.63) is 47.5 Å². The fourth-order valence-electron chi connectivity index (χ4n) is 4.05. The average molecular weight is 477 g/mol. The first kappa shape index (κ1) is 25.3. The van der Waals surface area contributed by atoms with Gasteiger partial charge in [0.2, 0.25) is 15.9 Å². The van der Waals surface area contributed by atoms with E-state index in [0.717, 1.165) is 25.2 Å². The maximum atomic E-state index is 12.9. The van der Waals surface area contributed by atoms with Gasteiger partial charge in [0.1, 0.15) is 12.4 Å². The molecule has 3 rings (SSSR count). The summed E-state index contributed by atoms with van der Waals surface area (Å²) in [7, 11) is -3.52. The summed E-state index contributed by atoms with van der Waals surface area (Å²) in [5.41, 5.74) is 1.12. The molecular weight excluding hydrogens is 440 g/mol. The summed E-state index contributed by atoms with van der Waals surface area (Å²) < 4.78 is 30.3. The van der Waals surface area contributed by atoms with Crippen molar-refractivity contribution in [3.8, 4) is 0 Å². The first-order valence-corrected chi connectivity index (χ1v) is 13.5. The highest BCUT2D eigenvalue weighted by atomic mass is 32.2. The Morgan fingerprint density at radius 2 is 1.85 bits per heavy atom. The maximum absolute atomic E-state index is 12.9. The number of amides is 1. The van der Waals surface area contributed by atoms with Crippen LogP contribution in [0.3, 0.4) is 0 Å². The van der Waals surface area contributed by atoms with E-state index < -0.39 is 16.1 Å². The van der Waals surface area contributed by atoms with Gasteiger partial charge in [0.05, 0.1) is 18.3 Å². The molecule has 1 aromatic carbocycles. The van der Waals surface area contributed by atoms with E-state index in [4.69, 9.17) is 0 Å². The minimum Gasteiger partial charge on any atom is -0.334 e. The van der Waals surface area contributed by atoms with E-state index in [1.165, 1.54) is 0 Å². The minimum absolute atomic E-state index is 0.000677. The molecule has 0 unspecified atom stereocenters. The number of fused-ring (bicyclic) bond motifs is 1. The lowest BCUT2D eigenvalue weighted by atomic mass is 10.1. The van der Waals surface area contributed by atoms with Gasteiger partial charge in [-0.3, -0.25) is 4.79 Å². The predicted molar refractivity (Wildman–Crippen MR) is 128 cm³/mol. The smallest absolute Gasteiger partial charge is 0.244 e. The topological polar surface area (TPSA) is 100 Å². The Kier molecular flexibility index (Phi) is 8.99. The highest BCUT2D eigenvalue weighted by Gasteiger charge is 2.29. The van der Waals surface area contributed by atoms with Crippen LogP contribution in [0.5, 0.6) is 0 Å². The van der Waals surface area contributed by atoms with Crippen LogP contribution in [0.2, 0.25) is 0 Å². The molecule has 0 saturated carbocycles. The molecule has 1 aliphatic heterocycles. The number of rotatable bonds is 13. The molecule has 33 heavy (non-hydrogen) atoms. The lowest BCUT2D eigenvalue weighted by Crippen LogP contribution is -2.39. The minimum atomic E-state index is -3.52. The van der Waals surface area contributed by atoms with Crippen molar-refractivity contribution >= 4 is 15.9 Å². The van der Waals surface area contributed by atoms with Gasteiger partial charge in [-0.2, -0.15) is 5.10 Å². The second-order valence-corrected chi connectivity index (χ2v) is 10.2. The Labute approximate surface area is 197 Å². The second kappa shape index (κ2) is 11.7. The van der Waals surface area contributed by atoms with Gasteiger partial charge >= 0.3 is 0 Å². The summed E-state index contributed by atoms with van der Waals surface area (Å²) in [5, 5.41) is 4.52. The molecule has 0 bridgehead atoms. The van der Waals surface area contributed by atoms with Gasteiger partial charge in [-0.1, -0.05) is 44.2 Å². The van der Waals surface area contributed by atoms with Crippen LogP contribution in [0.4, 0.5) is 0 Å². The van der Waals surface area contributed by atoms with E-state index in [0.29, 0.717) is 44.0 Å². The lowest BCUT2D eigenvalue weighted by Gasteiger charge is -2.24. The van der Waals surface area contributed by atoms with Crippen LogP contribution in [0.25, 0.3) is 0 Å². The Morgan fingerprint density at radius 3 is 2.52 bits per heavy atom. The van der Waals surface area contributed by atoms with Crippen LogP contribution >= 0.6 is 0 Å². The monoisotopic (exact) mass is 476 g/mol. The number of benzene rings is 1. The molecule has 1 N–H and O–H groups in total. The van der Waals surface area contributed by atoms with Crippen LogP contribution in [0.15, 0.2) is 30.3 Å². The van der Waals surface area contributed by atoms with E-state index in [2.05, 4.69) is 33.6 Å². The normalized spacial score (nSPS) is 15.2. The SMILES string of the molecule is CCN(CC)CCCS(=O)(=O)N[C@H](CCc1ccccc1)c1nc2n(n1)CC(=O)N(CC)C2. The Bertz CT molecular complexity index is 1000. The molecule has 0 radical (unpaired) electrons. The number of likely N-dealkylation sites (N-methyl/N-ethyl adjacent to an activating group) is 1. The van der Waals surface area contributed by atoms with E-state index in [-0.39, 0.29) is 18.2 Å². The van der Waals surface area contributed by atoms with Crippen LogP contribution in [0.1, 0.15) is 56.9 Å². The Hall–Kier alpha value is -2.30. The van der Waals surface area contributed by atoms with Gasteiger partial charge in [0.25, 0.3) is 0 Å². The van der Waals surface area contributed by atoms with Crippen LogP contribution in [-0.4, -0.2) is 70.8 Å². The molecule has 0 fully saturated rings. The van der Waals surface area contributed by atoms with E-state index >= 15 is 0 Å². The molecule has 1 aromatic heterocycles. The molecule has 0 aliphatic carbocycles. The molecular formula is C23H36N6O3S. The molecule has 182 valence electrons. The van der Waals surface area contributed by atoms with Crippen molar-refractivity contribution in [2.75, 3.05) is 31.9 Å². The fraction of sp³-hybridized carbons (Fsp3) is 0.609. The number of carbonyl (C=O) groups excluding carboxylic acids is 1. The maximum Gasteiger partial charge on any atom is 0.244 e. The average Bonchev–Trinajstić information content (AvgIpc) is 3.22. The number of sulfonamides is 1. The molecule has 0 spiro atoms. The predicted octanol–water partition coefficient (Wildman–Crippen LogP) is 1.97.